The summed E-state index contributed by atoms with van der Waals surface area (Å²) in [6.07, 6.45) is 19.3. The van der Waals surface area contributed by atoms with Gasteiger partial charge in [-0.3, -0.25) is 4.98 Å². The summed E-state index contributed by atoms with van der Waals surface area (Å²) < 4.78 is 41.9. The van der Waals surface area contributed by atoms with Crippen molar-refractivity contribution in [1.82, 2.24) is 39.2 Å². The van der Waals surface area contributed by atoms with E-state index >= 15 is 0 Å². The van der Waals surface area contributed by atoms with E-state index in [0.717, 1.165) is 124 Å². The van der Waals surface area contributed by atoms with Crippen LogP contribution in [0.1, 0.15) is 130 Å². The molecule has 10 rings (SSSR count). The van der Waals surface area contributed by atoms with Crippen molar-refractivity contribution in [3.63, 3.8) is 0 Å². The smallest absolute Gasteiger partial charge is 0.543 e. The first-order valence-corrected chi connectivity index (χ1v) is 49.6. The van der Waals surface area contributed by atoms with Crippen LogP contribution in [0.15, 0.2) is 62.2 Å². The first-order chi connectivity index (χ1) is 44.6. The van der Waals surface area contributed by atoms with E-state index < -0.39 is 38.3 Å². The van der Waals surface area contributed by atoms with Gasteiger partial charge < -0.3 is 53.9 Å². The molecule has 522 valence electrons. The Morgan fingerprint density at radius 1 is 0.542 bits per heavy atom. The Morgan fingerprint density at radius 3 is 1.18 bits per heavy atom. The van der Waals surface area contributed by atoms with E-state index in [1.807, 2.05) is 41.2 Å². The van der Waals surface area contributed by atoms with E-state index in [-0.39, 0.29) is 70.4 Å². The number of hydrogen-bond acceptors (Lipinski definition) is 17. The van der Waals surface area contributed by atoms with Gasteiger partial charge in [-0.1, -0.05) is 131 Å². The van der Waals surface area contributed by atoms with Crippen LogP contribution in [0, 0.1) is 23.7 Å². The van der Waals surface area contributed by atoms with Crippen molar-refractivity contribution in [3.8, 4) is 22.3 Å². The van der Waals surface area contributed by atoms with Crippen LogP contribution in [0.4, 0.5) is 17.5 Å². The van der Waals surface area contributed by atoms with Crippen LogP contribution >= 0.6 is 0 Å². The Labute approximate surface area is 620 Å². The second-order valence-electron chi connectivity index (χ2n) is 31.8. The number of carbonyl (C=O) groups excluding carboxylic acids is 1. The Hall–Kier alpha value is -4.17. The number of nitrogens with zero attached hydrogens (tertiary/aromatic N) is 10. The summed E-state index contributed by atoms with van der Waals surface area (Å²) in [7, 11) is -5.15. The van der Waals surface area contributed by atoms with Gasteiger partial charge in [0.25, 0.3) is 0 Å². The van der Waals surface area contributed by atoms with Gasteiger partial charge in [0.1, 0.15) is 55.9 Å². The maximum absolute atomic E-state index is 11.4. The van der Waals surface area contributed by atoms with E-state index in [1.165, 1.54) is 44.6 Å². The fourth-order valence-electron chi connectivity index (χ4n) is 13.8. The van der Waals surface area contributed by atoms with E-state index in [1.54, 1.807) is 24.7 Å². The number of rotatable bonds is 33. The Balaban J connectivity index is 0.000000266. The molecule has 6 heterocycles. The number of hydrogen-bond donors (Lipinski definition) is 1. The maximum atomic E-state index is 11.4. The van der Waals surface area contributed by atoms with Crippen LogP contribution < -0.4 is 72.0 Å². The molecule has 0 amide bonds. The number of aromatic nitrogens is 8. The molecule has 2 unspecified atom stereocenters. The SMILES string of the molecule is C.C=C(OCC)c1c(C2C[C@H]3CC[C@@H](C2)C3)nc2c(-c3ccc(C(=O)[O-])nc3)cnn2c1N(COCC[Si](C)(C)C)COCC[Si](C)(C)C.C=C(OCC)c1c(C2C[C@H]3CC[C@@H](C2)C3)nc2c(-c3ccc(N)nc3)cnn2c1N(COCC[Si](C)(C)C)COCC[Si](C)(C)C.[K+]. The molecule has 2 N–H and O–H groups in total. The van der Waals surface area contributed by atoms with E-state index in [4.69, 9.17) is 54.3 Å². The molecule has 6 aromatic heterocycles. The molecule has 4 saturated carbocycles. The van der Waals surface area contributed by atoms with Crippen molar-refractivity contribution in [3.05, 3.63) is 90.4 Å². The normalized spacial score (nSPS) is 19.3. The van der Waals surface area contributed by atoms with Gasteiger partial charge in [-0.25, -0.2) is 15.0 Å². The number of nitrogen functional groups attached to an aromatic ring is 1. The van der Waals surface area contributed by atoms with Crippen molar-refractivity contribution < 1.29 is 89.7 Å². The first-order valence-electron chi connectivity index (χ1n) is 34.7. The zero-order valence-electron chi connectivity index (χ0n) is 60.3. The predicted octanol–water partition coefficient (Wildman–Crippen LogP) is 12.6. The van der Waals surface area contributed by atoms with Gasteiger partial charge in [-0.2, -0.15) is 19.2 Å². The molecule has 0 aromatic carbocycles. The molecule has 4 aliphatic carbocycles. The van der Waals surface area contributed by atoms with Crippen LogP contribution in [-0.2, 0) is 28.4 Å². The average Bonchev–Trinajstić information content (AvgIpc) is 1.45. The largest absolute Gasteiger partial charge is 1.00 e. The quantitative estimate of drug-likeness (QED) is 0.0175. The number of nitrogens with two attached hydrogens (primary N) is 1. The molecule has 0 spiro atoms. The number of ether oxygens (including phenoxy) is 6. The van der Waals surface area contributed by atoms with Crippen LogP contribution in [0.25, 0.3) is 45.1 Å². The van der Waals surface area contributed by atoms with Gasteiger partial charge in [0.05, 0.1) is 59.8 Å². The molecule has 24 heteroatoms. The van der Waals surface area contributed by atoms with Crippen molar-refractivity contribution in [1.29, 1.82) is 0 Å². The molecule has 6 atom stereocenters. The van der Waals surface area contributed by atoms with Gasteiger partial charge in [0, 0.05) is 105 Å². The van der Waals surface area contributed by atoms with Gasteiger partial charge in [-0.05, 0) is 118 Å². The fourth-order valence-corrected chi connectivity index (χ4v) is 16.9. The summed E-state index contributed by atoms with van der Waals surface area (Å²) in [6, 6.07) is 11.3. The number of carboxylic acid groups (broad SMARTS) is 1. The summed E-state index contributed by atoms with van der Waals surface area (Å²) in [5, 5.41) is 21.3. The second kappa shape index (κ2) is 34.9. The van der Waals surface area contributed by atoms with Gasteiger partial charge in [0.2, 0.25) is 0 Å². The third-order valence-electron chi connectivity index (χ3n) is 19.0. The molecular formula is C72H114KN11O8Si4. The number of pyridine rings is 2. The van der Waals surface area contributed by atoms with Gasteiger partial charge >= 0.3 is 51.4 Å². The molecule has 0 radical (unpaired) electrons. The molecule has 96 heavy (non-hydrogen) atoms. The minimum atomic E-state index is -1.31. The molecule has 0 saturated heterocycles. The van der Waals surface area contributed by atoms with Gasteiger partial charge in [-0.15, -0.1) is 0 Å². The summed E-state index contributed by atoms with van der Waals surface area (Å²) in [4.78, 5) is 35.1. The fraction of sp³-hybridized carbons (Fsp3) is 0.625. The molecule has 4 fully saturated rings. The number of carboxylic acids is 1. The molecule has 4 aliphatic rings. The maximum Gasteiger partial charge on any atom is 1.00 e. The minimum Gasteiger partial charge on any atom is -0.543 e. The number of aromatic carboxylic acids is 1. The van der Waals surface area contributed by atoms with Gasteiger partial charge in [0.15, 0.2) is 11.3 Å². The summed E-state index contributed by atoms with van der Waals surface area (Å²) >= 11 is 0. The van der Waals surface area contributed by atoms with Crippen molar-refractivity contribution in [2.45, 2.75) is 200 Å². The Kier molecular flexibility index (Phi) is 28.8. The molecular weight excluding hydrogens is 1300 g/mol. The Morgan fingerprint density at radius 2 is 0.885 bits per heavy atom. The van der Waals surface area contributed by atoms with Crippen molar-refractivity contribution in [2.24, 2.45) is 23.7 Å². The number of anilines is 3. The minimum absolute atomic E-state index is 0. The van der Waals surface area contributed by atoms with Crippen LogP contribution in [0.5, 0.6) is 0 Å². The van der Waals surface area contributed by atoms with Crippen LogP contribution in [0.3, 0.4) is 0 Å². The van der Waals surface area contributed by atoms with E-state index in [9.17, 15) is 9.90 Å². The molecule has 0 aliphatic heterocycles. The topological polar surface area (TPSA) is 214 Å². The molecule has 6 aromatic rings. The van der Waals surface area contributed by atoms with E-state index in [2.05, 4.69) is 111 Å². The zero-order chi connectivity index (χ0) is 67.7. The number of carbonyl (C=O) groups is 1. The van der Waals surface area contributed by atoms with Crippen molar-refractivity contribution >= 4 is 78.5 Å². The predicted molar refractivity (Wildman–Crippen MR) is 396 cm³/mol. The van der Waals surface area contributed by atoms with Crippen LogP contribution in [0.2, 0.25) is 103 Å². The Bertz CT molecular complexity index is 3460. The summed E-state index contributed by atoms with van der Waals surface area (Å²) in [5.74, 6) is 5.47. The third kappa shape index (κ3) is 21.4. The first kappa shape index (κ1) is 79.2. The monoisotopic (exact) mass is 1410 g/mol. The second-order valence-corrected chi connectivity index (χ2v) is 54.3. The molecule has 19 nitrogen and oxygen atoms in total. The summed E-state index contributed by atoms with van der Waals surface area (Å²) in [5.41, 5.74) is 14.5. The standard InChI is InChI=1S/C36H55N5O5Si2.C35H56N6O3Si2.CH4.K/c1-9-46-25(2)32-33(29-19-26-10-11-27(18-26)20-29)39-34-30(28-12-13-31(36(42)43)37-21-28)22-38-41(34)35(32)40(23-44-14-16-47(3,4)5)24-45-15-17-48(6,7)8;1-9-44-25(2)32-33(29-19-26-10-11-27(18-26)20-29)39-34-30(28-12-13-31(36)37-21-28)22-38-41(34)35(32)40(23-42-14-16-45(3,4)5)24-43-15-17-46(6,7)8;;/h12-13,21-22,26-27,29H,2,9-11,14-20,23-24H2,1,3-8H3,(H,42,43);12-13,21-22,26-27,29H,2,9-11,14-20,23-24H2,1,3-8H3,(H2,36,37);1H4;/q;;;+1/p-1/t2*26-,27+,29?;;. The average molecular weight is 1410 g/mol. The van der Waals surface area contributed by atoms with E-state index in [0.29, 0.717) is 107 Å². The number of fused-ring (bicyclic) bond motifs is 6. The molecule has 4 bridgehead atoms. The zero-order valence-corrected chi connectivity index (χ0v) is 67.4. The third-order valence-corrected chi connectivity index (χ3v) is 25.8. The summed E-state index contributed by atoms with van der Waals surface area (Å²) in [6.45, 7) is 46.4. The van der Waals surface area contributed by atoms with Crippen molar-refractivity contribution in [2.75, 3.05) is 82.1 Å². The van der Waals surface area contributed by atoms with Crippen LogP contribution in [-0.4, -0.2) is 144 Å².